The predicted octanol–water partition coefficient (Wildman–Crippen LogP) is 3.54. The van der Waals surface area contributed by atoms with Crippen LogP contribution in [0.25, 0.3) is 0 Å². The molecule has 0 bridgehead atoms. The van der Waals surface area contributed by atoms with Crippen LogP contribution < -0.4 is 5.32 Å². The monoisotopic (exact) mass is 299 g/mol. The van der Waals surface area contributed by atoms with Gasteiger partial charge in [-0.1, -0.05) is 35.9 Å². The van der Waals surface area contributed by atoms with Gasteiger partial charge in [-0.3, -0.25) is 10.1 Å². The van der Waals surface area contributed by atoms with Gasteiger partial charge in [0.25, 0.3) is 5.91 Å². The minimum Gasteiger partial charge on any atom is -0.296 e. The zero-order valence-electron chi connectivity index (χ0n) is 10.1. The molecule has 4 nitrogen and oxygen atoms in total. The van der Waals surface area contributed by atoms with Crippen LogP contribution in [0, 0.1) is 5.82 Å². The van der Waals surface area contributed by atoms with Crippen LogP contribution in [0.15, 0.2) is 18.2 Å². The minimum absolute atomic E-state index is 0.0656. The van der Waals surface area contributed by atoms with Crippen LogP contribution in [-0.2, 0) is 6.42 Å². The number of aromatic nitrogens is 2. The highest BCUT2D eigenvalue weighted by Gasteiger charge is 2.17. The van der Waals surface area contributed by atoms with E-state index < -0.39 is 11.7 Å². The van der Waals surface area contributed by atoms with Crippen molar-refractivity contribution in [3.05, 3.63) is 39.6 Å². The highest BCUT2D eigenvalue weighted by atomic mass is 35.5. The number of halogens is 2. The second-order valence-corrected chi connectivity index (χ2v) is 5.27. The number of anilines is 1. The van der Waals surface area contributed by atoms with Gasteiger partial charge >= 0.3 is 0 Å². The van der Waals surface area contributed by atoms with Gasteiger partial charge in [0.1, 0.15) is 10.8 Å². The highest BCUT2D eigenvalue weighted by Crippen LogP contribution is 2.22. The van der Waals surface area contributed by atoms with Crippen LogP contribution in [-0.4, -0.2) is 16.1 Å². The first-order chi connectivity index (χ1) is 9.11. The Bertz CT molecular complexity index is 582. The Labute approximate surface area is 118 Å². The van der Waals surface area contributed by atoms with Gasteiger partial charge in [-0.25, -0.2) is 4.39 Å². The van der Waals surface area contributed by atoms with Gasteiger partial charge < -0.3 is 0 Å². The van der Waals surface area contributed by atoms with Crippen LogP contribution in [0.4, 0.5) is 9.52 Å². The molecule has 1 heterocycles. The van der Waals surface area contributed by atoms with E-state index >= 15 is 0 Å². The number of nitrogens with one attached hydrogen (secondary N) is 1. The number of benzene rings is 1. The summed E-state index contributed by atoms with van der Waals surface area (Å²) >= 11 is 7.08. The van der Waals surface area contributed by atoms with Crippen LogP contribution in [0.1, 0.15) is 28.7 Å². The maximum atomic E-state index is 13.6. The molecule has 7 heteroatoms. The van der Waals surface area contributed by atoms with Gasteiger partial charge in [0.05, 0.1) is 10.6 Å². The molecule has 0 atom stereocenters. The van der Waals surface area contributed by atoms with Crippen LogP contribution in [0.3, 0.4) is 0 Å². The van der Waals surface area contributed by atoms with E-state index in [1.54, 1.807) is 0 Å². The zero-order valence-corrected chi connectivity index (χ0v) is 11.7. The third-order valence-electron chi connectivity index (χ3n) is 2.34. The number of aryl methyl sites for hydroxylation is 1. The number of nitrogens with zero attached hydrogens (tertiary/aromatic N) is 2. The molecule has 0 spiro atoms. The molecule has 100 valence electrons. The molecule has 2 rings (SSSR count). The molecule has 0 aliphatic rings. The Hall–Kier alpha value is -1.53. The van der Waals surface area contributed by atoms with E-state index in [0.29, 0.717) is 5.13 Å². The molecule has 19 heavy (non-hydrogen) atoms. The van der Waals surface area contributed by atoms with E-state index in [0.717, 1.165) is 17.8 Å². The van der Waals surface area contributed by atoms with Gasteiger partial charge in [0.15, 0.2) is 0 Å². The standard InChI is InChI=1S/C12H11ClFN3OS/c1-2-4-9-16-17-12(19-9)15-11(18)10-7(13)5-3-6-8(10)14/h3,5-6H,2,4H2,1H3,(H,15,17,18). The predicted molar refractivity (Wildman–Crippen MR) is 73.3 cm³/mol. The number of carbonyl (C=O) groups excluding carboxylic acids is 1. The number of hydrogen-bond donors (Lipinski definition) is 1. The Morgan fingerprint density at radius 2 is 2.26 bits per heavy atom. The molecule has 1 aromatic carbocycles. The van der Waals surface area contributed by atoms with Crippen molar-refractivity contribution in [2.45, 2.75) is 19.8 Å². The second kappa shape index (κ2) is 6.08. The Morgan fingerprint density at radius 3 is 2.95 bits per heavy atom. The number of rotatable bonds is 4. The maximum absolute atomic E-state index is 13.6. The third-order valence-corrected chi connectivity index (χ3v) is 3.55. The van der Waals surface area contributed by atoms with E-state index in [9.17, 15) is 9.18 Å². The van der Waals surface area contributed by atoms with Gasteiger partial charge in [-0.2, -0.15) is 0 Å². The average Bonchev–Trinajstić information content (AvgIpc) is 2.77. The number of amides is 1. The van der Waals surface area contributed by atoms with Gasteiger partial charge in [0.2, 0.25) is 5.13 Å². The number of hydrogen-bond acceptors (Lipinski definition) is 4. The van der Waals surface area contributed by atoms with E-state index in [1.165, 1.54) is 29.5 Å². The van der Waals surface area contributed by atoms with Crippen molar-refractivity contribution >= 4 is 34.0 Å². The first kappa shape index (κ1) is 13.9. The fraction of sp³-hybridized carbons (Fsp3) is 0.250. The molecular weight excluding hydrogens is 289 g/mol. The molecule has 2 aromatic rings. The molecule has 0 saturated carbocycles. The molecular formula is C12H11ClFN3OS. The summed E-state index contributed by atoms with van der Waals surface area (Å²) in [5.74, 6) is -1.29. The molecule has 0 radical (unpaired) electrons. The van der Waals surface area contributed by atoms with E-state index in [4.69, 9.17) is 11.6 Å². The fourth-order valence-electron chi connectivity index (χ4n) is 1.49. The normalized spacial score (nSPS) is 10.5. The zero-order chi connectivity index (χ0) is 13.8. The summed E-state index contributed by atoms with van der Waals surface area (Å²) in [4.78, 5) is 11.9. The van der Waals surface area contributed by atoms with Crippen molar-refractivity contribution < 1.29 is 9.18 Å². The first-order valence-electron chi connectivity index (χ1n) is 5.69. The lowest BCUT2D eigenvalue weighted by molar-refractivity contribution is 0.102. The summed E-state index contributed by atoms with van der Waals surface area (Å²) in [6.45, 7) is 2.03. The molecule has 1 N–H and O–H groups in total. The molecule has 1 amide bonds. The van der Waals surface area contributed by atoms with Crippen molar-refractivity contribution in [2.24, 2.45) is 0 Å². The van der Waals surface area contributed by atoms with Crippen LogP contribution in [0.2, 0.25) is 5.02 Å². The van der Waals surface area contributed by atoms with Crippen molar-refractivity contribution in [3.63, 3.8) is 0 Å². The average molecular weight is 300 g/mol. The third kappa shape index (κ3) is 3.27. The molecule has 0 aliphatic carbocycles. The second-order valence-electron chi connectivity index (χ2n) is 3.80. The van der Waals surface area contributed by atoms with Gasteiger partial charge in [0, 0.05) is 6.42 Å². The number of carbonyl (C=O) groups is 1. The van der Waals surface area contributed by atoms with Gasteiger partial charge in [-0.05, 0) is 18.6 Å². The lowest BCUT2D eigenvalue weighted by atomic mass is 10.2. The highest BCUT2D eigenvalue weighted by molar-refractivity contribution is 7.15. The minimum atomic E-state index is -0.664. The molecule has 0 aliphatic heterocycles. The summed E-state index contributed by atoms with van der Waals surface area (Å²) in [5, 5.41) is 11.5. The SMILES string of the molecule is CCCc1nnc(NC(=O)c2c(F)cccc2Cl)s1. The Morgan fingerprint density at radius 1 is 1.47 bits per heavy atom. The first-order valence-corrected chi connectivity index (χ1v) is 6.89. The topological polar surface area (TPSA) is 54.9 Å². The van der Waals surface area contributed by atoms with Crippen molar-refractivity contribution in [1.29, 1.82) is 0 Å². The van der Waals surface area contributed by atoms with Crippen molar-refractivity contribution in [1.82, 2.24) is 10.2 Å². The summed E-state index contributed by atoms with van der Waals surface area (Å²) < 4.78 is 13.6. The summed E-state index contributed by atoms with van der Waals surface area (Å²) in [5.41, 5.74) is -0.184. The quantitative estimate of drug-likeness (QED) is 0.939. The largest absolute Gasteiger partial charge is 0.296 e. The lowest BCUT2D eigenvalue weighted by Gasteiger charge is -2.04. The maximum Gasteiger partial charge on any atom is 0.261 e. The van der Waals surface area contributed by atoms with Gasteiger partial charge in [-0.15, -0.1) is 10.2 Å². The van der Waals surface area contributed by atoms with Crippen LogP contribution >= 0.6 is 22.9 Å². The summed E-state index contributed by atoms with van der Waals surface area (Å²) in [6, 6.07) is 4.09. The lowest BCUT2D eigenvalue weighted by Crippen LogP contribution is -2.14. The molecule has 0 saturated heterocycles. The Kier molecular flexibility index (Phi) is 4.44. The molecule has 0 unspecified atom stereocenters. The molecule has 1 aromatic heterocycles. The fourth-order valence-corrected chi connectivity index (χ4v) is 2.58. The van der Waals surface area contributed by atoms with Crippen molar-refractivity contribution in [3.8, 4) is 0 Å². The summed E-state index contributed by atoms with van der Waals surface area (Å²) in [7, 11) is 0. The van der Waals surface area contributed by atoms with E-state index in [2.05, 4.69) is 15.5 Å². The molecule has 0 fully saturated rings. The smallest absolute Gasteiger partial charge is 0.261 e. The Balaban J connectivity index is 2.16. The van der Waals surface area contributed by atoms with E-state index in [1.807, 2.05) is 6.92 Å². The summed E-state index contributed by atoms with van der Waals surface area (Å²) in [6.07, 6.45) is 1.75. The van der Waals surface area contributed by atoms with E-state index in [-0.39, 0.29) is 10.6 Å². The van der Waals surface area contributed by atoms with Crippen molar-refractivity contribution in [2.75, 3.05) is 5.32 Å². The van der Waals surface area contributed by atoms with Crippen LogP contribution in [0.5, 0.6) is 0 Å².